The van der Waals surface area contributed by atoms with Crippen LogP contribution < -0.4 is 10.1 Å². The van der Waals surface area contributed by atoms with E-state index in [2.05, 4.69) is 10.3 Å². The number of anilines is 1. The summed E-state index contributed by atoms with van der Waals surface area (Å²) in [5.41, 5.74) is 0.565. The van der Waals surface area contributed by atoms with Crippen LogP contribution in [0.1, 0.15) is 6.42 Å². The Morgan fingerprint density at radius 3 is 2.96 bits per heavy atom. The van der Waals surface area contributed by atoms with Crippen molar-refractivity contribution in [2.24, 2.45) is 0 Å². The molecule has 0 spiro atoms. The molecular weight excluding hydrogens is 318 g/mol. The fourth-order valence-electron chi connectivity index (χ4n) is 2.28. The smallest absolute Gasteiger partial charge is 0.322 e. The van der Waals surface area contributed by atoms with E-state index in [1.807, 2.05) is 12.1 Å². The number of rotatable bonds is 4. The van der Waals surface area contributed by atoms with Crippen LogP contribution in [-0.4, -0.2) is 40.2 Å². The third-order valence-corrected chi connectivity index (χ3v) is 3.97. The number of para-hydroxylation sites is 1. The maximum Gasteiger partial charge on any atom is 0.322 e. The number of carbonyl (C=O) groups is 1. The van der Waals surface area contributed by atoms with Crippen molar-refractivity contribution in [1.82, 2.24) is 9.88 Å². The number of ether oxygens (including phenoxy) is 1. The van der Waals surface area contributed by atoms with Crippen molar-refractivity contribution in [2.75, 3.05) is 18.5 Å². The zero-order valence-corrected chi connectivity index (χ0v) is 13.0. The van der Waals surface area contributed by atoms with Gasteiger partial charge in [0.05, 0.1) is 17.7 Å². The molecule has 1 aliphatic heterocycles. The number of pyridine rings is 1. The first kappa shape index (κ1) is 15.6. The Labute approximate surface area is 138 Å². The minimum absolute atomic E-state index is 0.0232. The molecule has 1 unspecified atom stereocenters. The number of aliphatic hydroxyl groups is 1. The lowest BCUT2D eigenvalue weighted by Gasteiger charge is -2.39. The summed E-state index contributed by atoms with van der Waals surface area (Å²) in [4.78, 5) is 17.8. The normalized spacial score (nSPS) is 16.6. The van der Waals surface area contributed by atoms with E-state index in [4.69, 9.17) is 21.4 Å². The Morgan fingerprint density at radius 1 is 1.43 bits per heavy atom. The number of hydrogen-bond donors (Lipinski definition) is 2. The van der Waals surface area contributed by atoms with Gasteiger partial charge in [-0.1, -0.05) is 23.7 Å². The molecule has 1 fully saturated rings. The average Bonchev–Trinajstić information content (AvgIpc) is 2.49. The molecule has 6 nitrogen and oxygen atoms in total. The van der Waals surface area contributed by atoms with Gasteiger partial charge in [0, 0.05) is 24.5 Å². The van der Waals surface area contributed by atoms with E-state index in [0.29, 0.717) is 28.9 Å². The highest BCUT2D eigenvalue weighted by Crippen LogP contribution is 2.29. The summed E-state index contributed by atoms with van der Waals surface area (Å²) in [6.45, 7) is 0.621. The lowest BCUT2D eigenvalue weighted by atomic mass is 10.1. The molecule has 2 heterocycles. The molecular formula is C16H16ClN3O3. The van der Waals surface area contributed by atoms with Gasteiger partial charge in [0.25, 0.3) is 0 Å². The van der Waals surface area contributed by atoms with Crippen LogP contribution >= 0.6 is 11.6 Å². The number of likely N-dealkylation sites (tertiary alicyclic amines) is 1. The predicted octanol–water partition coefficient (Wildman–Crippen LogP) is 3.13. The van der Waals surface area contributed by atoms with Gasteiger partial charge in [0.1, 0.15) is 5.75 Å². The molecule has 3 rings (SSSR count). The fraction of sp³-hybridized carbons (Fsp3) is 0.250. The standard InChI is InChI=1S/C16H16ClN3O3/c17-13-3-1-2-4-14(13)23-15-9-11(5-7-18-15)19-16(22)20-8-6-12(20)10-21/h1-5,7,9,12,21H,6,8,10H2,(H,18,19,22). The molecule has 120 valence electrons. The van der Waals surface area contributed by atoms with Crippen LogP contribution in [0.15, 0.2) is 42.6 Å². The minimum atomic E-state index is -0.245. The Morgan fingerprint density at radius 2 is 2.26 bits per heavy atom. The van der Waals surface area contributed by atoms with E-state index in [-0.39, 0.29) is 18.7 Å². The second-order valence-electron chi connectivity index (χ2n) is 5.16. The number of carbonyl (C=O) groups excluding carboxylic acids is 1. The monoisotopic (exact) mass is 333 g/mol. The Kier molecular flexibility index (Phi) is 4.64. The number of amides is 2. The van der Waals surface area contributed by atoms with E-state index >= 15 is 0 Å². The van der Waals surface area contributed by atoms with Crippen LogP contribution in [-0.2, 0) is 0 Å². The highest BCUT2D eigenvalue weighted by molar-refractivity contribution is 6.32. The van der Waals surface area contributed by atoms with E-state index in [1.165, 1.54) is 0 Å². The fourth-order valence-corrected chi connectivity index (χ4v) is 2.45. The summed E-state index contributed by atoms with van der Waals surface area (Å²) in [6, 6.07) is 10.0. The van der Waals surface area contributed by atoms with Crippen molar-refractivity contribution in [1.29, 1.82) is 0 Å². The first-order valence-electron chi connectivity index (χ1n) is 7.24. The quantitative estimate of drug-likeness (QED) is 0.901. The molecule has 23 heavy (non-hydrogen) atoms. The summed E-state index contributed by atoms with van der Waals surface area (Å²) in [7, 11) is 0. The van der Waals surface area contributed by atoms with E-state index in [9.17, 15) is 4.79 Å². The molecule has 0 bridgehead atoms. The molecule has 2 amide bonds. The van der Waals surface area contributed by atoms with Crippen LogP contribution in [0.4, 0.5) is 10.5 Å². The molecule has 0 radical (unpaired) electrons. The second-order valence-corrected chi connectivity index (χ2v) is 5.57. The molecule has 1 saturated heterocycles. The summed E-state index contributed by atoms with van der Waals surface area (Å²) >= 11 is 6.05. The molecule has 2 N–H and O–H groups in total. The van der Waals surface area contributed by atoms with E-state index < -0.39 is 0 Å². The zero-order chi connectivity index (χ0) is 16.2. The highest BCUT2D eigenvalue weighted by Gasteiger charge is 2.31. The average molecular weight is 334 g/mol. The lowest BCUT2D eigenvalue weighted by Crippen LogP contribution is -2.54. The number of halogens is 1. The van der Waals surface area contributed by atoms with Crippen molar-refractivity contribution in [3.05, 3.63) is 47.6 Å². The topological polar surface area (TPSA) is 74.7 Å². The van der Waals surface area contributed by atoms with Crippen LogP contribution in [0.3, 0.4) is 0 Å². The number of aliphatic hydroxyl groups excluding tert-OH is 1. The maximum absolute atomic E-state index is 12.1. The lowest BCUT2D eigenvalue weighted by molar-refractivity contribution is 0.0770. The van der Waals surface area contributed by atoms with Gasteiger partial charge in [-0.05, 0) is 24.6 Å². The number of hydrogen-bond acceptors (Lipinski definition) is 4. The Balaban J connectivity index is 1.68. The molecule has 1 aliphatic rings. The molecule has 1 atom stereocenters. The first-order valence-corrected chi connectivity index (χ1v) is 7.62. The number of benzene rings is 1. The van der Waals surface area contributed by atoms with Gasteiger partial charge < -0.3 is 20.1 Å². The molecule has 2 aromatic rings. The molecule has 0 aliphatic carbocycles. The van der Waals surface area contributed by atoms with Gasteiger partial charge in [0.15, 0.2) is 0 Å². The Bertz CT molecular complexity index is 708. The molecule has 1 aromatic carbocycles. The summed E-state index contributed by atoms with van der Waals surface area (Å²) in [5.74, 6) is 0.825. The summed E-state index contributed by atoms with van der Waals surface area (Å²) < 4.78 is 5.63. The van der Waals surface area contributed by atoms with Crippen LogP contribution in [0.2, 0.25) is 5.02 Å². The van der Waals surface area contributed by atoms with E-state index in [1.54, 1.807) is 35.4 Å². The van der Waals surface area contributed by atoms with Crippen LogP contribution in [0.25, 0.3) is 0 Å². The number of nitrogens with one attached hydrogen (secondary N) is 1. The van der Waals surface area contributed by atoms with Crippen molar-refractivity contribution in [2.45, 2.75) is 12.5 Å². The SMILES string of the molecule is O=C(Nc1ccnc(Oc2ccccc2Cl)c1)N1CCC1CO. The first-order chi connectivity index (χ1) is 11.2. The molecule has 7 heteroatoms. The van der Waals surface area contributed by atoms with Crippen molar-refractivity contribution < 1.29 is 14.6 Å². The summed E-state index contributed by atoms with van der Waals surface area (Å²) in [5, 5.41) is 12.4. The summed E-state index contributed by atoms with van der Waals surface area (Å²) in [6.07, 6.45) is 2.36. The molecule has 1 aromatic heterocycles. The number of nitrogens with zero attached hydrogens (tertiary/aromatic N) is 2. The Hall–Kier alpha value is -2.31. The molecule has 0 saturated carbocycles. The number of aromatic nitrogens is 1. The van der Waals surface area contributed by atoms with Gasteiger partial charge in [-0.15, -0.1) is 0 Å². The second kappa shape index (κ2) is 6.85. The van der Waals surface area contributed by atoms with Gasteiger partial charge in [-0.25, -0.2) is 9.78 Å². The largest absolute Gasteiger partial charge is 0.437 e. The zero-order valence-electron chi connectivity index (χ0n) is 12.3. The minimum Gasteiger partial charge on any atom is -0.437 e. The van der Waals surface area contributed by atoms with Gasteiger partial charge in [-0.2, -0.15) is 0 Å². The predicted molar refractivity (Wildman–Crippen MR) is 87.0 cm³/mol. The maximum atomic E-state index is 12.1. The van der Waals surface area contributed by atoms with Crippen LogP contribution in [0.5, 0.6) is 11.6 Å². The number of urea groups is 1. The van der Waals surface area contributed by atoms with Crippen molar-refractivity contribution in [3.63, 3.8) is 0 Å². The van der Waals surface area contributed by atoms with Gasteiger partial charge in [0.2, 0.25) is 5.88 Å². The third-order valence-electron chi connectivity index (χ3n) is 3.65. The van der Waals surface area contributed by atoms with Gasteiger partial charge in [-0.3, -0.25) is 0 Å². The van der Waals surface area contributed by atoms with E-state index in [0.717, 1.165) is 6.42 Å². The third kappa shape index (κ3) is 3.55. The van der Waals surface area contributed by atoms with Crippen molar-refractivity contribution in [3.8, 4) is 11.6 Å². The van der Waals surface area contributed by atoms with Crippen molar-refractivity contribution >= 4 is 23.3 Å². The highest BCUT2D eigenvalue weighted by atomic mass is 35.5. The van der Waals surface area contributed by atoms with Crippen LogP contribution in [0, 0.1) is 0 Å². The van der Waals surface area contributed by atoms with Gasteiger partial charge >= 0.3 is 6.03 Å².